The lowest BCUT2D eigenvalue weighted by molar-refractivity contribution is 0.602. The van der Waals surface area contributed by atoms with Crippen LogP contribution in [0.4, 0.5) is 0 Å². The van der Waals surface area contributed by atoms with Crippen molar-refractivity contribution in [2.75, 3.05) is 0 Å². The topological polar surface area (TPSA) is 120 Å². The molecule has 2 aromatic heterocycles. The minimum atomic E-state index is -4.23. The van der Waals surface area contributed by atoms with Gasteiger partial charge in [0.25, 0.3) is 14.6 Å². The standard InChI is InChI=1S/C8H8ClN5O4S/c1-13-2-5(11-12-13)3-14-4-6(19(9,17)18)7(15)10-8(14)16/h2,4H,3H2,1H3,(H,10,15,16). The predicted molar refractivity (Wildman–Crippen MR) is 64.5 cm³/mol. The average molecular weight is 306 g/mol. The summed E-state index contributed by atoms with van der Waals surface area (Å²) < 4.78 is 24.7. The van der Waals surface area contributed by atoms with Gasteiger partial charge in [-0.25, -0.2) is 13.2 Å². The van der Waals surface area contributed by atoms with Crippen molar-refractivity contribution in [3.63, 3.8) is 0 Å². The van der Waals surface area contributed by atoms with E-state index < -0.39 is 25.2 Å². The molecule has 0 aliphatic rings. The summed E-state index contributed by atoms with van der Waals surface area (Å²) in [6.45, 7) is -0.0388. The number of hydrogen-bond acceptors (Lipinski definition) is 6. The van der Waals surface area contributed by atoms with E-state index in [0.717, 1.165) is 10.8 Å². The molecular weight excluding hydrogens is 298 g/mol. The second kappa shape index (κ2) is 4.63. The molecule has 0 fully saturated rings. The fourth-order valence-corrected chi connectivity index (χ4v) is 2.28. The molecule has 102 valence electrons. The summed E-state index contributed by atoms with van der Waals surface area (Å²) in [6.07, 6.45) is 2.42. The molecule has 2 heterocycles. The molecule has 2 rings (SSSR count). The van der Waals surface area contributed by atoms with E-state index in [9.17, 15) is 18.0 Å². The highest BCUT2D eigenvalue weighted by Crippen LogP contribution is 2.07. The zero-order valence-electron chi connectivity index (χ0n) is 9.57. The summed E-state index contributed by atoms with van der Waals surface area (Å²) >= 11 is 0. The first kappa shape index (κ1) is 13.5. The SMILES string of the molecule is Cn1cc(Cn2cc(S(=O)(=O)Cl)c(=O)[nH]c2=O)nn1. The van der Waals surface area contributed by atoms with Gasteiger partial charge in [-0.15, -0.1) is 5.10 Å². The van der Waals surface area contributed by atoms with Crippen LogP contribution in [0.5, 0.6) is 0 Å². The molecule has 1 N–H and O–H groups in total. The van der Waals surface area contributed by atoms with Gasteiger partial charge in [-0.1, -0.05) is 5.21 Å². The van der Waals surface area contributed by atoms with Gasteiger partial charge < -0.3 is 0 Å². The van der Waals surface area contributed by atoms with Gasteiger partial charge in [0.05, 0.1) is 6.54 Å². The Hall–Kier alpha value is -1.94. The van der Waals surface area contributed by atoms with Crippen LogP contribution in [0.3, 0.4) is 0 Å². The Kier molecular flexibility index (Phi) is 3.28. The summed E-state index contributed by atoms with van der Waals surface area (Å²) in [5.74, 6) is 0. The lowest BCUT2D eigenvalue weighted by Crippen LogP contribution is -2.32. The number of aromatic amines is 1. The second-order valence-corrected chi connectivity index (χ2v) is 6.24. The summed E-state index contributed by atoms with van der Waals surface area (Å²) in [5.41, 5.74) is -1.40. The number of hydrogen-bond donors (Lipinski definition) is 1. The molecule has 0 aromatic carbocycles. The van der Waals surface area contributed by atoms with Crippen LogP contribution < -0.4 is 11.2 Å². The maximum atomic E-state index is 11.5. The first-order valence-corrected chi connectivity index (χ1v) is 7.22. The van der Waals surface area contributed by atoms with Gasteiger partial charge in [0.15, 0.2) is 4.90 Å². The molecule has 0 aliphatic heterocycles. The molecule has 11 heteroatoms. The third-order valence-corrected chi connectivity index (χ3v) is 3.54. The Morgan fingerprint density at radius 3 is 2.58 bits per heavy atom. The smallest absolute Gasteiger partial charge is 0.293 e. The van der Waals surface area contributed by atoms with Crippen LogP contribution >= 0.6 is 10.7 Å². The third-order valence-electron chi connectivity index (χ3n) is 2.22. The van der Waals surface area contributed by atoms with Gasteiger partial charge in [-0.3, -0.25) is 19.0 Å². The van der Waals surface area contributed by atoms with E-state index in [-0.39, 0.29) is 6.54 Å². The second-order valence-electron chi connectivity index (χ2n) is 3.70. The molecule has 0 spiro atoms. The normalized spacial score (nSPS) is 11.7. The van der Waals surface area contributed by atoms with Crippen LogP contribution in [0.25, 0.3) is 0 Å². The van der Waals surface area contributed by atoms with Crippen LogP contribution in [0, 0.1) is 0 Å². The van der Waals surface area contributed by atoms with Gasteiger partial charge in [0.2, 0.25) is 0 Å². The highest BCUT2D eigenvalue weighted by molar-refractivity contribution is 8.13. The lowest BCUT2D eigenvalue weighted by atomic mass is 10.4. The van der Waals surface area contributed by atoms with Crippen molar-refractivity contribution in [1.82, 2.24) is 24.5 Å². The fourth-order valence-electron chi connectivity index (χ4n) is 1.42. The van der Waals surface area contributed by atoms with E-state index in [1.54, 1.807) is 13.2 Å². The number of nitrogens with zero attached hydrogens (tertiary/aromatic N) is 4. The number of aromatic nitrogens is 5. The van der Waals surface area contributed by atoms with Crippen molar-refractivity contribution in [2.24, 2.45) is 7.05 Å². The summed E-state index contributed by atoms with van der Waals surface area (Å²) in [6, 6.07) is 0. The van der Waals surface area contributed by atoms with E-state index in [4.69, 9.17) is 10.7 Å². The van der Waals surface area contributed by atoms with Crippen molar-refractivity contribution in [3.05, 3.63) is 38.9 Å². The maximum Gasteiger partial charge on any atom is 0.328 e. The Balaban J connectivity index is 2.53. The third kappa shape index (κ3) is 2.90. The lowest BCUT2D eigenvalue weighted by Gasteiger charge is -2.03. The van der Waals surface area contributed by atoms with Crippen molar-refractivity contribution in [2.45, 2.75) is 11.4 Å². The minimum Gasteiger partial charge on any atom is -0.293 e. The highest BCUT2D eigenvalue weighted by atomic mass is 35.7. The van der Waals surface area contributed by atoms with Crippen molar-refractivity contribution in [1.29, 1.82) is 0 Å². The summed E-state index contributed by atoms with van der Waals surface area (Å²) in [5, 5.41) is 7.41. The molecule has 0 aliphatic carbocycles. The minimum absolute atomic E-state index is 0.0388. The molecule has 0 bridgehead atoms. The molecule has 0 saturated heterocycles. The summed E-state index contributed by atoms with van der Waals surface area (Å²) in [7, 11) is 2.51. The Morgan fingerprint density at radius 2 is 2.05 bits per heavy atom. The van der Waals surface area contributed by atoms with Crippen molar-refractivity contribution in [3.8, 4) is 0 Å². The van der Waals surface area contributed by atoms with E-state index in [1.165, 1.54) is 4.68 Å². The zero-order chi connectivity index (χ0) is 14.2. The quantitative estimate of drug-likeness (QED) is 0.699. The molecule has 0 unspecified atom stereocenters. The zero-order valence-corrected chi connectivity index (χ0v) is 11.1. The number of H-pyrrole nitrogens is 1. The molecule has 0 radical (unpaired) electrons. The highest BCUT2D eigenvalue weighted by Gasteiger charge is 2.17. The first-order valence-electron chi connectivity index (χ1n) is 4.91. The van der Waals surface area contributed by atoms with Crippen molar-refractivity contribution >= 4 is 19.7 Å². The molecular formula is C8H8ClN5O4S. The van der Waals surface area contributed by atoms with Crippen LogP contribution in [-0.4, -0.2) is 33.0 Å². The van der Waals surface area contributed by atoms with E-state index in [0.29, 0.717) is 5.69 Å². The number of aryl methyl sites for hydroxylation is 1. The molecule has 0 saturated carbocycles. The van der Waals surface area contributed by atoms with E-state index in [1.807, 2.05) is 4.98 Å². The van der Waals surface area contributed by atoms with Crippen LogP contribution in [0.1, 0.15) is 5.69 Å². The van der Waals surface area contributed by atoms with Gasteiger partial charge in [-0.2, -0.15) is 0 Å². The van der Waals surface area contributed by atoms with Crippen molar-refractivity contribution < 1.29 is 8.42 Å². The largest absolute Gasteiger partial charge is 0.328 e. The first-order chi connectivity index (χ1) is 8.77. The number of nitrogens with one attached hydrogen (secondary N) is 1. The Labute approximate surface area is 110 Å². The van der Waals surface area contributed by atoms with Gasteiger partial charge in [0, 0.05) is 30.1 Å². The van der Waals surface area contributed by atoms with Crippen LogP contribution in [0.2, 0.25) is 0 Å². The number of halogens is 1. The van der Waals surface area contributed by atoms with Crippen LogP contribution in [-0.2, 0) is 22.6 Å². The Morgan fingerprint density at radius 1 is 1.37 bits per heavy atom. The van der Waals surface area contributed by atoms with Gasteiger partial charge in [-0.05, 0) is 0 Å². The maximum absolute atomic E-state index is 11.5. The fraction of sp³-hybridized carbons (Fsp3) is 0.250. The molecule has 0 atom stereocenters. The Bertz CT molecular complexity index is 833. The number of rotatable bonds is 3. The summed E-state index contributed by atoms with van der Waals surface area (Å²) in [4.78, 5) is 24.1. The predicted octanol–water partition coefficient (Wildman–Crippen LogP) is -1.36. The van der Waals surface area contributed by atoms with Crippen LogP contribution in [0.15, 0.2) is 26.9 Å². The molecule has 19 heavy (non-hydrogen) atoms. The van der Waals surface area contributed by atoms with Gasteiger partial charge >= 0.3 is 5.69 Å². The van der Waals surface area contributed by atoms with E-state index >= 15 is 0 Å². The molecule has 0 amide bonds. The molecule has 2 aromatic rings. The molecule has 9 nitrogen and oxygen atoms in total. The van der Waals surface area contributed by atoms with Gasteiger partial charge in [0.1, 0.15) is 5.69 Å². The average Bonchev–Trinajstić information content (AvgIpc) is 2.66. The van der Waals surface area contributed by atoms with E-state index in [2.05, 4.69) is 10.3 Å². The monoisotopic (exact) mass is 305 g/mol.